The summed E-state index contributed by atoms with van der Waals surface area (Å²) in [6.45, 7) is 7.52. The Labute approximate surface area is 128 Å². The molecule has 0 aromatic heterocycles. The average molecular weight is 288 g/mol. The monoisotopic (exact) mass is 288 g/mol. The fraction of sp³-hybridized carbons (Fsp3) is 0.611. The van der Waals surface area contributed by atoms with Crippen molar-refractivity contribution >= 4 is 5.91 Å². The largest absolute Gasteiger partial charge is 0.349 e. The number of hydrogen-bond acceptors (Lipinski definition) is 2. The summed E-state index contributed by atoms with van der Waals surface area (Å²) in [4.78, 5) is 12.3. The zero-order chi connectivity index (χ0) is 15.2. The quantitative estimate of drug-likeness (QED) is 0.844. The molecule has 1 saturated heterocycles. The van der Waals surface area contributed by atoms with E-state index in [0.29, 0.717) is 18.4 Å². The number of benzene rings is 1. The number of hydrogen-bond donors (Lipinski definition) is 2. The third-order valence-electron chi connectivity index (χ3n) is 4.32. The van der Waals surface area contributed by atoms with Gasteiger partial charge in [-0.1, -0.05) is 45.0 Å². The predicted molar refractivity (Wildman–Crippen MR) is 87.2 cm³/mol. The standard InChI is InChI=1S/C18H28N2O/c1-4-14-7-9-15(10-8-14)18(13(2)3)20-17(21)12-16-6-5-11-19-16/h7-10,13,16,18-19H,4-6,11-12H2,1-3H3,(H,20,21). The maximum absolute atomic E-state index is 12.3. The molecule has 1 heterocycles. The first-order valence-corrected chi connectivity index (χ1v) is 8.21. The highest BCUT2D eigenvalue weighted by atomic mass is 16.1. The van der Waals surface area contributed by atoms with Crippen LogP contribution in [-0.4, -0.2) is 18.5 Å². The molecule has 1 aliphatic heterocycles. The molecule has 0 aliphatic carbocycles. The van der Waals surface area contributed by atoms with E-state index in [1.807, 2.05) is 0 Å². The molecule has 1 fully saturated rings. The number of rotatable bonds is 6. The van der Waals surface area contributed by atoms with Gasteiger partial charge in [-0.25, -0.2) is 0 Å². The first kappa shape index (κ1) is 16.0. The van der Waals surface area contributed by atoms with Crippen LogP contribution in [0.5, 0.6) is 0 Å². The second kappa shape index (κ2) is 7.60. The molecule has 0 bridgehead atoms. The molecule has 0 saturated carbocycles. The van der Waals surface area contributed by atoms with Crippen molar-refractivity contribution in [2.24, 2.45) is 5.92 Å². The van der Waals surface area contributed by atoms with Crippen molar-refractivity contribution in [1.82, 2.24) is 10.6 Å². The predicted octanol–water partition coefficient (Wildman–Crippen LogP) is 3.20. The van der Waals surface area contributed by atoms with Gasteiger partial charge in [0.05, 0.1) is 6.04 Å². The van der Waals surface area contributed by atoms with Gasteiger partial charge in [0.2, 0.25) is 5.91 Å². The zero-order valence-electron chi connectivity index (χ0n) is 13.5. The Hall–Kier alpha value is -1.35. The number of aryl methyl sites for hydroxylation is 1. The van der Waals surface area contributed by atoms with Gasteiger partial charge in [0.15, 0.2) is 0 Å². The molecule has 2 rings (SSSR count). The van der Waals surface area contributed by atoms with E-state index in [2.05, 4.69) is 55.7 Å². The van der Waals surface area contributed by atoms with Gasteiger partial charge in [0, 0.05) is 12.5 Å². The summed E-state index contributed by atoms with van der Waals surface area (Å²) in [7, 11) is 0. The van der Waals surface area contributed by atoms with Crippen molar-refractivity contribution in [2.75, 3.05) is 6.54 Å². The molecule has 2 unspecified atom stereocenters. The van der Waals surface area contributed by atoms with Crippen molar-refractivity contribution in [1.29, 1.82) is 0 Å². The molecule has 1 amide bonds. The molecular weight excluding hydrogens is 260 g/mol. The molecule has 21 heavy (non-hydrogen) atoms. The third-order valence-corrected chi connectivity index (χ3v) is 4.32. The van der Waals surface area contributed by atoms with Gasteiger partial charge in [-0.2, -0.15) is 0 Å². The summed E-state index contributed by atoms with van der Waals surface area (Å²) in [5.74, 6) is 0.547. The van der Waals surface area contributed by atoms with Crippen LogP contribution >= 0.6 is 0 Å². The first-order chi connectivity index (χ1) is 10.1. The highest BCUT2D eigenvalue weighted by molar-refractivity contribution is 5.77. The Morgan fingerprint density at radius 3 is 2.57 bits per heavy atom. The van der Waals surface area contributed by atoms with E-state index in [1.54, 1.807) is 0 Å². The van der Waals surface area contributed by atoms with E-state index in [4.69, 9.17) is 0 Å². The molecule has 2 N–H and O–H groups in total. The summed E-state index contributed by atoms with van der Waals surface area (Å²) in [6, 6.07) is 9.09. The second-order valence-corrected chi connectivity index (χ2v) is 6.38. The van der Waals surface area contributed by atoms with Gasteiger partial charge >= 0.3 is 0 Å². The lowest BCUT2D eigenvalue weighted by Gasteiger charge is -2.24. The van der Waals surface area contributed by atoms with Gasteiger partial charge < -0.3 is 10.6 Å². The summed E-state index contributed by atoms with van der Waals surface area (Å²) >= 11 is 0. The number of carbonyl (C=O) groups excluding carboxylic acids is 1. The number of carbonyl (C=O) groups is 1. The zero-order valence-corrected chi connectivity index (χ0v) is 13.5. The van der Waals surface area contributed by atoms with Crippen LogP contribution in [0.15, 0.2) is 24.3 Å². The topological polar surface area (TPSA) is 41.1 Å². The van der Waals surface area contributed by atoms with Crippen LogP contribution in [0.2, 0.25) is 0 Å². The fourth-order valence-electron chi connectivity index (χ4n) is 2.98. The van der Waals surface area contributed by atoms with Crippen molar-refractivity contribution in [3.63, 3.8) is 0 Å². The van der Waals surface area contributed by atoms with Crippen molar-refractivity contribution in [3.05, 3.63) is 35.4 Å². The van der Waals surface area contributed by atoms with Gasteiger partial charge in [0.1, 0.15) is 0 Å². The van der Waals surface area contributed by atoms with Crippen LogP contribution in [0.4, 0.5) is 0 Å². The highest BCUT2D eigenvalue weighted by Crippen LogP contribution is 2.23. The number of nitrogens with one attached hydrogen (secondary N) is 2. The van der Waals surface area contributed by atoms with Crippen LogP contribution in [-0.2, 0) is 11.2 Å². The normalized spacial score (nSPS) is 19.7. The van der Waals surface area contributed by atoms with Crippen molar-refractivity contribution in [3.8, 4) is 0 Å². The molecule has 0 spiro atoms. The van der Waals surface area contributed by atoms with Gasteiger partial charge in [0.25, 0.3) is 0 Å². The molecule has 3 nitrogen and oxygen atoms in total. The van der Waals surface area contributed by atoms with E-state index in [9.17, 15) is 4.79 Å². The first-order valence-electron chi connectivity index (χ1n) is 8.21. The summed E-state index contributed by atoms with van der Waals surface area (Å²) in [5.41, 5.74) is 2.54. The van der Waals surface area contributed by atoms with Crippen molar-refractivity contribution < 1.29 is 4.79 Å². The minimum absolute atomic E-state index is 0.102. The van der Waals surface area contributed by atoms with E-state index in [-0.39, 0.29) is 11.9 Å². The van der Waals surface area contributed by atoms with E-state index >= 15 is 0 Å². The number of amides is 1. The molecule has 2 atom stereocenters. The van der Waals surface area contributed by atoms with Gasteiger partial charge in [-0.15, -0.1) is 0 Å². The average Bonchev–Trinajstić information content (AvgIpc) is 2.97. The lowest BCUT2D eigenvalue weighted by molar-refractivity contribution is -0.122. The summed E-state index contributed by atoms with van der Waals surface area (Å²) < 4.78 is 0. The molecular formula is C18H28N2O. The minimum Gasteiger partial charge on any atom is -0.349 e. The second-order valence-electron chi connectivity index (χ2n) is 6.38. The summed E-state index contributed by atoms with van der Waals surface area (Å²) in [6.07, 6.45) is 3.94. The maximum Gasteiger partial charge on any atom is 0.222 e. The smallest absolute Gasteiger partial charge is 0.222 e. The van der Waals surface area contributed by atoms with Crippen molar-refractivity contribution in [2.45, 2.75) is 58.5 Å². The molecule has 3 heteroatoms. The Kier molecular flexibility index (Phi) is 5.80. The van der Waals surface area contributed by atoms with Crippen LogP contribution < -0.4 is 10.6 Å². The maximum atomic E-state index is 12.3. The van der Waals surface area contributed by atoms with Crippen LogP contribution in [0.1, 0.15) is 57.2 Å². The van der Waals surface area contributed by atoms with Crippen LogP contribution in [0, 0.1) is 5.92 Å². The molecule has 1 aromatic rings. The summed E-state index contributed by atoms with van der Waals surface area (Å²) in [5, 5.41) is 6.60. The van der Waals surface area contributed by atoms with Crippen LogP contribution in [0.25, 0.3) is 0 Å². The van der Waals surface area contributed by atoms with Gasteiger partial charge in [-0.3, -0.25) is 4.79 Å². The fourth-order valence-corrected chi connectivity index (χ4v) is 2.98. The Bertz CT molecular complexity index is 447. The molecule has 1 aromatic carbocycles. The minimum atomic E-state index is 0.102. The molecule has 0 radical (unpaired) electrons. The lowest BCUT2D eigenvalue weighted by atomic mass is 9.94. The Morgan fingerprint density at radius 2 is 2.05 bits per heavy atom. The SMILES string of the molecule is CCc1ccc(C(NC(=O)CC2CCCN2)C(C)C)cc1. The Morgan fingerprint density at radius 1 is 1.33 bits per heavy atom. The molecule has 1 aliphatic rings. The third kappa shape index (κ3) is 4.57. The van der Waals surface area contributed by atoms with E-state index < -0.39 is 0 Å². The molecule has 116 valence electrons. The van der Waals surface area contributed by atoms with Gasteiger partial charge in [-0.05, 0) is 42.9 Å². The highest BCUT2D eigenvalue weighted by Gasteiger charge is 2.22. The van der Waals surface area contributed by atoms with Crippen LogP contribution in [0.3, 0.4) is 0 Å². The lowest BCUT2D eigenvalue weighted by Crippen LogP contribution is -2.36. The Balaban J connectivity index is 1.98. The van der Waals surface area contributed by atoms with E-state index in [0.717, 1.165) is 19.4 Å². The van der Waals surface area contributed by atoms with E-state index in [1.165, 1.54) is 17.5 Å².